The lowest BCUT2D eigenvalue weighted by molar-refractivity contribution is -0.170. The van der Waals surface area contributed by atoms with Crippen molar-refractivity contribution in [3.63, 3.8) is 0 Å². The van der Waals surface area contributed by atoms with Crippen molar-refractivity contribution in [1.82, 2.24) is 10.4 Å². The number of rotatable bonds is 8. The molecule has 210 valence electrons. The Kier molecular flexibility index (Phi) is 8.74. The van der Waals surface area contributed by atoms with Crippen LogP contribution in [0.2, 0.25) is 0 Å². The van der Waals surface area contributed by atoms with Gasteiger partial charge in [-0.3, -0.25) is 14.9 Å². The average molecular weight is 546 g/mol. The second kappa shape index (κ2) is 12.2. The number of hydrogen-bond donors (Lipinski definition) is 2. The molecule has 0 radical (unpaired) electrons. The minimum absolute atomic E-state index is 0.0982. The number of hydrogen-bond acceptors (Lipinski definition) is 6. The van der Waals surface area contributed by atoms with E-state index in [4.69, 9.17) is 14.3 Å². The molecule has 3 aromatic carbocycles. The minimum Gasteiger partial charge on any atom is -0.449 e. The van der Waals surface area contributed by atoms with Crippen LogP contribution in [-0.4, -0.2) is 55.6 Å². The Bertz CT molecular complexity index is 1320. The lowest BCUT2D eigenvalue weighted by atomic mass is 9.98. The standard InChI is InChI=1S/C31H35N3O6/c1-31(2,3)40-30(37)32-21-16-14-20(15-17-21)18-27(28(35)34(4)38-5)33-29(36)39-19-26-24-12-8-6-10-22(24)23-11-7-9-13-25(23)26/h6-17,26-27H,18-19H2,1-5H3,(H,32,37)(H,33,36)/t27-/m0/s1. The Hall–Kier alpha value is -4.37. The van der Waals surface area contributed by atoms with Crippen molar-refractivity contribution in [1.29, 1.82) is 0 Å². The number of hydroxylamine groups is 2. The molecule has 0 aromatic heterocycles. The first-order chi connectivity index (χ1) is 19.1. The number of fused-ring (bicyclic) bond motifs is 3. The van der Waals surface area contributed by atoms with E-state index in [9.17, 15) is 14.4 Å². The van der Waals surface area contributed by atoms with Gasteiger partial charge in [-0.2, -0.15) is 0 Å². The molecular weight excluding hydrogens is 510 g/mol. The second-order valence-electron chi connectivity index (χ2n) is 10.6. The molecule has 0 bridgehead atoms. The van der Waals surface area contributed by atoms with Gasteiger partial charge in [-0.1, -0.05) is 60.7 Å². The summed E-state index contributed by atoms with van der Waals surface area (Å²) in [6, 6.07) is 22.2. The van der Waals surface area contributed by atoms with E-state index in [1.165, 1.54) is 14.2 Å². The molecule has 0 spiro atoms. The van der Waals surface area contributed by atoms with Gasteiger partial charge in [0.1, 0.15) is 18.2 Å². The van der Waals surface area contributed by atoms with Gasteiger partial charge in [0.15, 0.2) is 0 Å². The van der Waals surface area contributed by atoms with E-state index in [1.54, 1.807) is 45.0 Å². The Labute approximate surface area is 234 Å². The fourth-order valence-electron chi connectivity index (χ4n) is 4.67. The maximum Gasteiger partial charge on any atom is 0.412 e. The van der Waals surface area contributed by atoms with Crippen molar-refractivity contribution < 1.29 is 28.7 Å². The number of benzene rings is 3. The van der Waals surface area contributed by atoms with Crippen LogP contribution in [0.5, 0.6) is 0 Å². The predicted molar refractivity (Wildman–Crippen MR) is 152 cm³/mol. The Balaban J connectivity index is 1.41. The summed E-state index contributed by atoms with van der Waals surface area (Å²) in [5.41, 5.74) is 5.15. The molecule has 9 nitrogen and oxygen atoms in total. The first-order valence-corrected chi connectivity index (χ1v) is 13.1. The first kappa shape index (κ1) is 28.6. The van der Waals surface area contributed by atoms with Crippen LogP contribution in [0.3, 0.4) is 0 Å². The van der Waals surface area contributed by atoms with Crippen LogP contribution >= 0.6 is 0 Å². The molecule has 0 heterocycles. The van der Waals surface area contributed by atoms with Crippen LogP contribution in [0.1, 0.15) is 43.4 Å². The van der Waals surface area contributed by atoms with Crippen molar-refractivity contribution >= 4 is 23.8 Å². The molecule has 1 aliphatic rings. The summed E-state index contributed by atoms with van der Waals surface area (Å²) in [5, 5.41) is 6.44. The zero-order chi connectivity index (χ0) is 28.9. The van der Waals surface area contributed by atoms with E-state index in [0.717, 1.165) is 32.9 Å². The van der Waals surface area contributed by atoms with E-state index in [0.29, 0.717) is 5.69 Å². The number of ether oxygens (including phenoxy) is 2. The number of alkyl carbamates (subject to hydrolysis) is 1. The van der Waals surface area contributed by atoms with Crippen LogP contribution in [0.15, 0.2) is 72.8 Å². The SMILES string of the molecule is CON(C)C(=O)[C@H](Cc1ccc(NC(=O)OC(C)(C)C)cc1)NC(=O)OCC1c2ccccc2-c2ccccc21. The Morgan fingerprint density at radius 1 is 0.875 bits per heavy atom. The van der Waals surface area contributed by atoms with Crippen molar-refractivity contribution in [2.24, 2.45) is 0 Å². The molecule has 3 aromatic rings. The third kappa shape index (κ3) is 6.98. The van der Waals surface area contributed by atoms with E-state index in [2.05, 4.69) is 22.8 Å². The topological polar surface area (TPSA) is 106 Å². The average Bonchev–Trinajstić information content (AvgIpc) is 3.24. The molecule has 0 saturated carbocycles. The zero-order valence-corrected chi connectivity index (χ0v) is 23.4. The Morgan fingerprint density at radius 3 is 2.00 bits per heavy atom. The van der Waals surface area contributed by atoms with E-state index < -0.39 is 29.7 Å². The molecule has 0 saturated heterocycles. The molecule has 0 fully saturated rings. The van der Waals surface area contributed by atoms with Gasteiger partial charge in [-0.05, 0) is 60.7 Å². The maximum atomic E-state index is 13.0. The van der Waals surface area contributed by atoms with Crippen molar-refractivity contribution in [2.75, 3.05) is 26.1 Å². The predicted octanol–water partition coefficient (Wildman–Crippen LogP) is 5.50. The third-order valence-electron chi connectivity index (χ3n) is 6.56. The van der Waals surface area contributed by atoms with Crippen LogP contribution in [0.4, 0.5) is 15.3 Å². The quantitative estimate of drug-likeness (QED) is 0.362. The number of nitrogens with zero attached hydrogens (tertiary/aromatic N) is 1. The van der Waals surface area contributed by atoms with Gasteiger partial charge in [-0.25, -0.2) is 14.7 Å². The highest BCUT2D eigenvalue weighted by atomic mass is 16.7. The molecule has 40 heavy (non-hydrogen) atoms. The highest BCUT2D eigenvalue weighted by molar-refractivity contribution is 5.86. The molecule has 1 aliphatic carbocycles. The van der Waals surface area contributed by atoms with Crippen molar-refractivity contribution in [3.05, 3.63) is 89.5 Å². The van der Waals surface area contributed by atoms with E-state index >= 15 is 0 Å². The monoisotopic (exact) mass is 545 g/mol. The second-order valence-corrected chi connectivity index (χ2v) is 10.6. The number of amides is 3. The van der Waals surface area contributed by atoms with Crippen LogP contribution in [-0.2, 0) is 25.5 Å². The van der Waals surface area contributed by atoms with Gasteiger partial charge < -0.3 is 14.8 Å². The number of anilines is 1. The summed E-state index contributed by atoms with van der Waals surface area (Å²) in [5.74, 6) is -0.536. The van der Waals surface area contributed by atoms with Crippen LogP contribution in [0.25, 0.3) is 11.1 Å². The summed E-state index contributed by atoms with van der Waals surface area (Å²) in [7, 11) is 2.85. The minimum atomic E-state index is -0.940. The summed E-state index contributed by atoms with van der Waals surface area (Å²) in [6.07, 6.45) is -1.08. The molecule has 1 atom stereocenters. The third-order valence-corrected chi connectivity index (χ3v) is 6.56. The summed E-state index contributed by atoms with van der Waals surface area (Å²) in [4.78, 5) is 43.0. The van der Waals surface area contributed by atoms with E-state index in [1.807, 2.05) is 36.4 Å². The van der Waals surface area contributed by atoms with Gasteiger partial charge in [0.2, 0.25) is 0 Å². The van der Waals surface area contributed by atoms with Crippen LogP contribution < -0.4 is 10.6 Å². The number of nitrogens with one attached hydrogen (secondary N) is 2. The normalized spacial score (nSPS) is 13.0. The smallest absolute Gasteiger partial charge is 0.412 e. The fourth-order valence-corrected chi connectivity index (χ4v) is 4.67. The van der Waals surface area contributed by atoms with Gasteiger partial charge in [-0.15, -0.1) is 0 Å². The molecule has 4 rings (SSSR count). The van der Waals surface area contributed by atoms with E-state index in [-0.39, 0.29) is 18.9 Å². The number of carbonyl (C=O) groups excluding carboxylic acids is 3. The lowest BCUT2D eigenvalue weighted by Crippen LogP contribution is -2.48. The fraction of sp³-hybridized carbons (Fsp3) is 0.323. The summed E-state index contributed by atoms with van der Waals surface area (Å²) < 4.78 is 10.9. The van der Waals surface area contributed by atoms with Crippen molar-refractivity contribution in [2.45, 2.75) is 44.8 Å². The number of likely N-dealkylation sites (N-methyl/N-ethyl adjacent to an activating group) is 1. The molecular formula is C31H35N3O6. The summed E-state index contributed by atoms with van der Waals surface area (Å²) >= 11 is 0. The molecule has 0 aliphatic heterocycles. The highest BCUT2D eigenvalue weighted by Gasteiger charge is 2.30. The molecule has 2 N–H and O–H groups in total. The molecule has 9 heteroatoms. The van der Waals surface area contributed by atoms with Crippen molar-refractivity contribution in [3.8, 4) is 11.1 Å². The van der Waals surface area contributed by atoms with Gasteiger partial charge in [0.05, 0.1) is 7.11 Å². The Morgan fingerprint density at radius 2 is 1.45 bits per heavy atom. The van der Waals surface area contributed by atoms with Crippen LogP contribution in [0, 0.1) is 0 Å². The largest absolute Gasteiger partial charge is 0.449 e. The zero-order valence-electron chi connectivity index (χ0n) is 23.4. The summed E-state index contributed by atoms with van der Waals surface area (Å²) in [6.45, 7) is 5.49. The van der Waals surface area contributed by atoms with Gasteiger partial charge in [0.25, 0.3) is 5.91 Å². The molecule has 3 amide bonds. The highest BCUT2D eigenvalue weighted by Crippen LogP contribution is 2.44. The molecule has 0 unspecified atom stereocenters. The maximum absolute atomic E-state index is 13.0. The lowest BCUT2D eigenvalue weighted by Gasteiger charge is -2.23. The number of carbonyl (C=O) groups is 3. The van der Waals surface area contributed by atoms with Gasteiger partial charge >= 0.3 is 12.2 Å². The first-order valence-electron chi connectivity index (χ1n) is 13.1. The van der Waals surface area contributed by atoms with Gasteiger partial charge in [0, 0.05) is 25.1 Å².